The van der Waals surface area contributed by atoms with Crippen molar-refractivity contribution in [2.24, 2.45) is 0 Å². The smallest absolute Gasteiger partial charge is 0.462 e. The molecule has 0 aromatic heterocycles. The van der Waals surface area contributed by atoms with Crippen LogP contribution in [-0.2, 0) is 65.4 Å². The minimum atomic E-state index is -4.99. The molecule has 17 nitrogen and oxygen atoms in total. The van der Waals surface area contributed by atoms with Gasteiger partial charge in [-0.15, -0.1) is 0 Å². The lowest BCUT2D eigenvalue weighted by atomic mass is 10.0. The lowest BCUT2D eigenvalue weighted by Gasteiger charge is -2.21. The fraction of sp³-hybridized carbons (Fsp3) is 0.687. The van der Waals surface area contributed by atoms with Gasteiger partial charge in [0.2, 0.25) is 0 Å². The van der Waals surface area contributed by atoms with Crippen molar-refractivity contribution in [2.45, 2.75) is 329 Å². The molecule has 0 saturated heterocycles. The average Bonchev–Trinajstić information content (AvgIpc) is 0.909. The third kappa shape index (κ3) is 73.5. The number of allylic oxidation sites excluding steroid dienone is 22. The summed E-state index contributed by atoms with van der Waals surface area (Å²) in [6.07, 6.45) is 83.1. The standard InChI is InChI=1S/C83H140O17P2/c1-5-9-13-17-21-25-29-33-35-37-38-40-42-46-48-52-56-60-64-68-81(86)94-74-79(100-83(88)70-66-62-58-54-50-44-32-28-24-20-16-12-8-4)76-98-102(91,92)96-72-77(84)71-95-101(89,90)97-75-78(99-82(87)69-65-61-57-53-49-43-31-27-23-19-15-11-7-3)73-93-80(85)67-63-59-55-51-47-45-41-39-36-34-30-26-22-18-14-10-6-2/h9-10,13-14,21-22,25-27,31,33-36,38,40-41,45-46,48,56,60,77-79,84H,5-8,11-12,15-20,23-24,28-30,32,37,39,42-44,47,49-55,57-59,61-76H2,1-4H3,(H,89,90)(H,91,92)/b13-9-,14-10-,25-21-,26-22-,31-27-,35-33-,36-34-,40-38-,45-41-,48-46-,60-56-. The molecule has 0 bridgehead atoms. The van der Waals surface area contributed by atoms with Crippen LogP contribution in [-0.4, -0.2) is 96.7 Å². The van der Waals surface area contributed by atoms with Crippen molar-refractivity contribution in [2.75, 3.05) is 39.6 Å². The van der Waals surface area contributed by atoms with Crippen LogP contribution in [0.25, 0.3) is 0 Å². The van der Waals surface area contributed by atoms with Crippen LogP contribution in [0.5, 0.6) is 0 Å². The molecule has 0 rings (SSSR count). The molecule has 0 spiro atoms. The third-order valence-electron chi connectivity index (χ3n) is 16.1. The minimum Gasteiger partial charge on any atom is -0.462 e. The molecule has 19 heteroatoms. The van der Waals surface area contributed by atoms with Gasteiger partial charge in [0.05, 0.1) is 26.4 Å². The maximum Gasteiger partial charge on any atom is 0.472 e. The van der Waals surface area contributed by atoms with Crippen LogP contribution in [0.2, 0.25) is 0 Å². The number of aliphatic hydroxyl groups is 1. The van der Waals surface area contributed by atoms with Gasteiger partial charge in [-0.3, -0.25) is 37.3 Å². The summed E-state index contributed by atoms with van der Waals surface area (Å²) in [7, 11) is -9.98. The highest BCUT2D eigenvalue weighted by molar-refractivity contribution is 7.47. The highest BCUT2D eigenvalue weighted by Crippen LogP contribution is 2.45. The van der Waals surface area contributed by atoms with E-state index < -0.39 is 97.5 Å². The van der Waals surface area contributed by atoms with E-state index in [9.17, 15) is 43.2 Å². The van der Waals surface area contributed by atoms with Crippen molar-refractivity contribution in [3.05, 3.63) is 134 Å². The number of phosphoric ester groups is 2. The topological polar surface area (TPSA) is 237 Å². The van der Waals surface area contributed by atoms with E-state index in [-0.39, 0.29) is 25.7 Å². The highest BCUT2D eigenvalue weighted by Gasteiger charge is 2.30. The van der Waals surface area contributed by atoms with Crippen LogP contribution in [0.15, 0.2) is 134 Å². The molecule has 0 saturated carbocycles. The van der Waals surface area contributed by atoms with Crippen LogP contribution < -0.4 is 0 Å². The van der Waals surface area contributed by atoms with Crippen molar-refractivity contribution in [1.29, 1.82) is 0 Å². The number of hydrogen-bond acceptors (Lipinski definition) is 15. The monoisotopic (exact) mass is 1470 g/mol. The Morgan fingerprint density at radius 2 is 0.529 bits per heavy atom. The van der Waals surface area contributed by atoms with E-state index in [1.807, 2.05) is 18.2 Å². The van der Waals surface area contributed by atoms with E-state index in [2.05, 4.69) is 143 Å². The van der Waals surface area contributed by atoms with E-state index in [4.69, 9.17) is 37.0 Å². The number of aliphatic hydroxyl groups excluding tert-OH is 1. The minimum absolute atomic E-state index is 0.0350. The first-order chi connectivity index (χ1) is 49.7. The zero-order valence-corrected chi connectivity index (χ0v) is 65.5. The molecule has 584 valence electrons. The van der Waals surface area contributed by atoms with Crippen LogP contribution in [0.3, 0.4) is 0 Å². The fourth-order valence-electron chi connectivity index (χ4n) is 10.2. The molecule has 0 amide bonds. The molecule has 0 aliphatic carbocycles. The first kappa shape index (κ1) is 97.2. The zero-order valence-electron chi connectivity index (χ0n) is 63.7. The van der Waals surface area contributed by atoms with Crippen LogP contribution >= 0.6 is 15.6 Å². The second-order valence-corrected chi connectivity index (χ2v) is 28.8. The van der Waals surface area contributed by atoms with E-state index >= 15 is 0 Å². The number of phosphoric acid groups is 2. The van der Waals surface area contributed by atoms with Crippen molar-refractivity contribution < 1.29 is 80.2 Å². The Bertz CT molecular complexity index is 2460. The number of ether oxygens (including phenoxy) is 4. The Morgan fingerprint density at radius 3 is 0.863 bits per heavy atom. The lowest BCUT2D eigenvalue weighted by molar-refractivity contribution is -0.161. The van der Waals surface area contributed by atoms with Gasteiger partial charge in [-0.25, -0.2) is 9.13 Å². The molecule has 0 aliphatic rings. The van der Waals surface area contributed by atoms with Gasteiger partial charge < -0.3 is 33.8 Å². The molecule has 0 aromatic carbocycles. The SMILES string of the molecule is CC/C=C\C/C=C\C/C=C\C/C=C\C/C=C\C/C=C\CCC(=O)OCC(COP(=O)(O)OCC(O)COP(=O)(O)OCC(COC(=O)CCCCCC/C=C\C/C=C\C/C=C\C/C=C\CC)OC(=O)CCCCCCC/C=C\CCCCCC)OC(=O)CCCCCCCCCCCCCCC. The fourth-order valence-corrected chi connectivity index (χ4v) is 11.8. The van der Waals surface area contributed by atoms with Crippen molar-refractivity contribution in [3.8, 4) is 0 Å². The molecule has 0 aliphatic heterocycles. The Hall–Kier alpha value is -4.80. The molecule has 0 fully saturated rings. The van der Waals surface area contributed by atoms with Crippen molar-refractivity contribution in [1.82, 2.24) is 0 Å². The number of esters is 4. The van der Waals surface area contributed by atoms with Gasteiger partial charge in [0.25, 0.3) is 0 Å². The quantitative estimate of drug-likeness (QED) is 0.0169. The van der Waals surface area contributed by atoms with Gasteiger partial charge in [0, 0.05) is 25.7 Å². The summed E-state index contributed by atoms with van der Waals surface area (Å²) in [4.78, 5) is 72.9. The maximum atomic E-state index is 13.1. The predicted octanol–water partition coefficient (Wildman–Crippen LogP) is 22.9. The first-order valence-corrected chi connectivity index (χ1v) is 42.4. The molecular weight excluding hydrogens is 1330 g/mol. The summed E-state index contributed by atoms with van der Waals surface area (Å²) >= 11 is 0. The second kappa shape index (κ2) is 74.5. The van der Waals surface area contributed by atoms with Gasteiger partial charge in [-0.1, -0.05) is 290 Å². The highest BCUT2D eigenvalue weighted by atomic mass is 31.2. The lowest BCUT2D eigenvalue weighted by Crippen LogP contribution is -2.30. The molecule has 0 heterocycles. The number of unbranched alkanes of at least 4 members (excludes halogenated alkanes) is 25. The number of carbonyl (C=O) groups excluding carboxylic acids is 4. The average molecular weight is 1470 g/mol. The zero-order chi connectivity index (χ0) is 74.6. The largest absolute Gasteiger partial charge is 0.472 e. The third-order valence-corrected chi connectivity index (χ3v) is 18.0. The Labute approximate surface area is 618 Å². The number of carbonyl (C=O) groups is 4. The summed E-state index contributed by atoms with van der Waals surface area (Å²) in [6, 6.07) is 0. The first-order valence-electron chi connectivity index (χ1n) is 39.4. The molecule has 5 unspecified atom stereocenters. The van der Waals surface area contributed by atoms with Gasteiger partial charge in [-0.2, -0.15) is 0 Å². The Balaban J connectivity index is 5.42. The predicted molar refractivity (Wildman–Crippen MR) is 418 cm³/mol. The maximum absolute atomic E-state index is 13.1. The number of hydrogen-bond donors (Lipinski definition) is 3. The van der Waals surface area contributed by atoms with Crippen LogP contribution in [0.1, 0.15) is 310 Å². The van der Waals surface area contributed by atoms with E-state index in [1.165, 1.54) is 77.0 Å². The summed E-state index contributed by atoms with van der Waals surface area (Å²) in [5, 5.41) is 10.6. The molecule has 3 N–H and O–H groups in total. The van der Waals surface area contributed by atoms with Crippen molar-refractivity contribution in [3.63, 3.8) is 0 Å². The normalized spacial score (nSPS) is 14.6. The molecule has 0 radical (unpaired) electrons. The van der Waals surface area contributed by atoms with Gasteiger partial charge in [-0.05, 0) is 128 Å². The van der Waals surface area contributed by atoms with E-state index in [0.29, 0.717) is 32.1 Å². The molecular formula is C83H140O17P2. The molecule has 102 heavy (non-hydrogen) atoms. The summed E-state index contributed by atoms with van der Waals surface area (Å²) in [5.74, 6) is -2.30. The van der Waals surface area contributed by atoms with Gasteiger partial charge in [0.1, 0.15) is 19.3 Å². The Kier molecular flexibility index (Phi) is 71.0. The molecule has 5 atom stereocenters. The van der Waals surface area contributed by atoms with Crippen molar-refractivity contribution >= 4 is 39.5 Å². The Morgan fingerprint density at radius 1 is 0.284 bits per heavy atom. The van der Waals surface area contributed by atoms with E-state index in [0.717, 1.165) is 148 Å². The number of rotatable bonds is 73. The summed E-state index contributed by atoms with van der Waals surface area (Å²) in [5.41, 5.74) is 0. The summed E-state index contributed by atoms with van der Waals surface area (Å²) < 4.78 is 68.4. The van der Waals surface area contributed by atoms with Gasteiger partial charge in [0.15, 0.2) is 12.2 Å². The van der Waals surface area contributed by atoms with Crippen LogP contribution in [0.4, 0.5) is 0 Å². The van der Waals surface area contributed by atoms with Gasteiger partial charge >= 0.3 is 39.5 Å². The second-order valence-electron chi connectivity index (χ2n) is 25.9. The summed E-state index contributed by atoms with van der Waals surface area (Å²) in [6.45, 7) is 4.52. The van der Waals surface area contributed by atoms with E-state index in [1.54, 1.807) is 0 Å². The molecule has 0 aromatic rings. The van der Waals surface area contributed by atoms with Crippen LogP contribution in [0, 0.1) is 0 Å².